The van der Waals surface area contributed by atoms with Gasteiger partial charge in [0.1, 0.15) is 0 Å². The number of carbonyl (C=O) groups is 2. The van der Waals surface area contributed by atoms with Gasteiger partial charge in [0, 0.05) is 0 Å². The van der Waals surface area contributed by atoms with Gasteiger partial charge in [0.15, 0.2) is 5.16 Å². The van der Waals surface area contributed by atoms with E-state index in [4.69, 9.17) is 5.73 Å². The number of nitrogens with one attached hydrogen (secondary N) is 1. The lowest BCUT2D eigenvalue weighted by molar-refractivity contribution is -0.137. The number of primary amides is 1. The third kappa shape index (κ3) is 4.89. The van der Waals surface area contributed by atoms with Crippen molar-refractivity contribution in [2.45, 2.75) is 30.1 Å². The molecule has 0 aliphatic heterocycles. The second-order valence-electron chi connectivity index (χ2n) is 6.28. The number of alkyl halides is 3. The van der Waals surface area contributed by atoms with Crippen LogP contribution in [0.15, 0.2) is 53.7 Å². The van der Waals surface area contributed by atoms with Crippen LogP contribution in [0.5, 0.6) is 0 Å². The molecule has 0 aliphatic carbocycles. The van der Waals surface area contributed by atoms with Crippen LogP contribution in [0.3, 0.4) is 0 Å². The van der Waals surface area contributed by atoms with Crippen LogP contribution in [0.2, 0.25) is 0 Å². The smallest absolute Gasteiger partial charge is 0.351 e. The molecule has 0 fully saturated rings. The van der Waals surface area contributed by atoms with Crippen LogP contribution in [0.25, 0.3) is 11.0 Å². The summed E-state index contributed by atoms with van der Waals surface area (Å²) in [4.78, 5) is 27.2. The van der Waals surface area contributed by atoms with Crippen LogP contribution >= 0.6 is 11.8 Å². The zero-order chi connectivity index (χ0) is 21.2. The van der Waals surface area contributed by atoms with Crippen molar-refractivity contribution in [3.8, 4) is 0 Å². The van der Waals surface area contributed by atoms with E-state index in [0.717, 1.165) is 29.5 Å². The SMILES string of the molecule is C[C@@H](Sc1nc2cc(C(F)(F)F)ccc2n1Cc1ccccc1)C(=O)NC(N)=O. The Hall–Kier alpha value is -3.01. The van der Waals surface area contributed by atoms with E-state index < -0.39 is 28.9 Å². The summed E-state index contributed by atoms with van der Waals surface area (Å²) in [5.41, 5.74) is 5.76. The molecule has 1 atom stereocenters. The third-order valence-electron chi connectivity index (χ3n) is 4.12. The maximum Gasteiger partial charge on any atom is 0.416 e. The van der Waals surface area contributed by atoms with E-state index in [2.05, 4.69) is 4.98 Å². The molecule has 0 saturated heterocycles. The summed E-state index contributed by atoms with van der Waals surface area (Å²) in [6.07, 6.45) is -4.49. The zero-order valence-electron chi connectivity index (χ0n) is 15.2. The molecule has 3 N–H and O–H groups in total. The topological polar surface area (TPSA) is 90.0 Å². The lowest BCUT2D eigenvalue weighted by Crippen LogP contribution is -2.39. The largest absolute Gasteiger partial charge is 0.416 e. The molecule has 0 spiro atoms. The zero-order valence-corrected chi connectivity index (χ0v) is 16.1. The molecule has 0 unspecified atom stereocenters. The van der Waals surface area contributed by atoms with Crippen LogP contribution in [0.4, 0.5) is 18.0 Å². The second kappa shape index (κ2) is 8.16. The summed E-state index contributed by atoms with van der Waals surface area (Å²) in [6.45, 7) is 1.91. The Labute approximate surface area is 168 Å². The average molecular weight is 422 g/mol. The minimum atomic E-state index is -4.49. The molecule has 3 amide bonds. The van der Waals surface area contributed by atoms with Crippen LogP contribution in [0.1, 0.15) is 18.1 Å². The highest BCUT2D eigenvalue weighted by Gasteiger charge is 2.31. The Morgan fingerprint density at radius 2 is 1.90 bits per heavy atom. The van der Waals surface area contributed by atoms with E-state index in [1.54, 1.807) is 11.5 Å². The third-order valence-corrected chi connectivity index (χ3v) is 5.21. The first-order chi connectivity index (χ1) is 13.6. The summed E-state index contributed by atoms with van der Waals surface area (Å²) in [5.74, 6) is -0.614. The average Bonchev–Trinajstić information content (AvgIpc) is 2.97. The molecule has 1 heterocycles. The van der Waals surface area contributed by atoms with Crippen molar-refractivity contribution < 1.29 is 22.8 Å². The van der Waals surface area contributed by atoms with Crippen molar-refractivity contribution in [2.24, 2.45) is 5.73 Å². The summed E-state index contributed by atoms with van der Waals surface area (Å²) >= 11 is 1.03. The molecule has 10 heteroatoms. The van der Waals surface area contributed by atoms with Gasteiger partial charge in [-0.3, -0.25) is 10.1 Å². The van der Waals surface area contributed by atoms with Gasteiger partial charge in [0.2, 0.25) is 5.91 Å². The van der Waals surface area contributed by atoms with Crippen molar-refractivity contribution in [3.63, 3.8) is 0 Å². The molecule has 2 aromatic carbocycles. The highest BCUT2D eigenvalue weighted by molar-refractivity contribution is 8.00. The number of hydrogen-bond acceptors (Lipinski definition) is 4. The minimum Gasteiger partial charge on any atom is -0.351 e. The number of urea groups is 1. The van der Waals surface area contributed by atoms with Gasteiger partial charge in [0.25, 0.3) is 0 Å². The van der Waals surface area contributed by atoms with Crippen molar-refractivity contribution in [3.05, 3.63) is 59.7 Å². The standard InChI is InChI=1S/C19H17F3N4O2S/c1-11(16(27)25-17(23)28)29-18-24-14-9-13(19(20,21)22)7-8-15(14)26(18)10-12-5-3-2-4-6-12/h2-9,11H,10H2,1H3,(H3,23,25,27,28)/t11-/m1/s1. The maximum absolute atomic E-state index is 13.1. The Morgan fingerprint density at radius 3 is 2.52 bits per heavy atom. The molecule has 1 aromatic heterocycles. The van der Waals surface area contributed by atoms with Crippen LogP contribution in [0, 0.1) is 0 Å². The number of nitrogens with zero attached hydrogens (tertiary/aromatic N) is 2. The normalized spacial score (nSPS) is 12.7. The first-order valence-corrected chi connectivity index (χ1v) is 9.41. The minimum absolute atomic E-state index is 0.167. The van der Waals surface area contributed by atoms with E-state index in [0.29, 0.717) is 17.2 Å². The Morgan fingerprint density at radius 1 is 1.21 bits per heavy atom. The molecule has 152 valence electrons. The van der Waals surface area contributed by atoms with Crippen LogP contribution in [-0.4, -0.2) is 26.7 Å². The van der Waals surface area contributed by atoms with E-state index in [1.165, 1.54) is 6.07 Å². The Balaban J connectivity index is 2.02. The Bertz CT molecular complexity index is 1050. The van der Waals surface area contributed by atoms with Gasteiger partial charge in [-0.15, -0.1) is 0 Å². The number of nitrogens with two attached hydrogens (primary N) is 1. The molecular weight excluding hydrogens is 405 g/mol. The number of thioether (sulfide) groups is 1. The van der Waals surface area contributed by atoms with Crippen LogP contribution in [-0.2, 0) is 17.5 Å². The molecular formula is C19H17F3N4O2S. The van der Waals surface area contributed by atoms with E-state index in [1.807, 2.05) is 35.6 Å². The molecule has 6 nitrogen and oxygen atoms in total. The van der Waals surface area contributed by atoms with Gasteiger partial charge >= 0.3 is 12.2 Å². The van der Waals surface area contributed by atoms with Gasteiger partial charge < -0.3 is 10.3 Å². The van der Waals surface area contributed by atoms with Gasteiger partial charge in [-0.2, -0.15) is 13.2 Å². The quantitative estimate of drug-likeness (QED) is 0.613. The number of hydrogen-bond donors (Lipinski definition) is 2. The molecule has 0 saturated carbocycles. The van der Waals surface area contributed by atoms with Crippen molar-refractivity contribution >= 4 is 34.7 Å². The summed E-state index contributed by atoms with van der Waals surface area (Å²) in [6, 6.07) is 11.7. The number of imidazole rings is 1. The summed E-state index contributed by atoms with van der Waals surface area (Å²) in [5, 5.41) is 1.60. The fraction of sp³-hybridized carbons (Fsp3) is 0.211. The number of fused-ring (bicyclic) bond motifs is 1. The van der Waals surface area contributed by atoms with E-state index in [-0.39, 0.29) is 5.52 Å². The Kier molecular flexibility index (Phi) is 5.83. The second-order valence-corrected chi connectivity index (χ2v) is 7.59. The molecule has 3 aromatic rings. The predicted molar refractivity (Wildman–Crippen MR) is 103 cm³/mol. The van der Waals surface area contributed by atoms with Gasteiger partial charge in [-0.25, -0.2) is 9.78 Å². The summed E-state index contributed by atoms with van der Waals surface area (Å²) in [7, 11) is 0. The predicted octanol–water partition coefficient (Wildman–Crippen LogP) is 3.78. The molecule has 0 bridgehead atoms. The fourth-order valence-electron chi connectivity index (χ4n) is 2.73. The van der Waals surface area contributed by atoms with Gasteiger partial charge in [-0.1, -0.05) is 42.1 Å². The van der Waals surface area contributed by atoms with Crippen molar-refractivity contribution in [2.75, 3.05) is 0 Å². The number of benzene rings is 2. The van der Waals surface area contributed by atoms with Gasteiger partial charge in [0.05, 0.1) is 28.4 Å². The van der Waals surface area contributed by atoms with Crippen molar-refractivity contribution in [1.82, 2.24) is 14.9 Å². The fourth-order valence-corrected chi connectivity index (χ4v) is 3.65. The first-order valence-electron chi connectivity index (χ1n) is 8.53. The first kappa shape index (κ1) is 20.7. The lowest BCUT2D eigenvalue weighted by atomic mass is 10.2. The monoisotopic (exact) mass is 422 g/mol. The maximum atomic E-state index is 13.1. The van der Waals surface area contributed by atoms with Crippen molar-refractivity contribution in [1.29, 1.82) is 0 Å². The number of rotatable bonds is 5. The summed E-state index contributed by atoms with van der Waals surface area (Å²) < 4.78 is 41.0. The molecule has 3 rings (SSSR count). The van der Waals surface area contributed by atoms with E-state index in [9.17, 15) is 22.8 Å². The highest BCUT2D eigenvalue weighted by Crippen LogP contribution is 2.34. The highest BCUT2D eigenvalue weighted by atomic mass is 32.2. The number of carbonyl (C=O) groups excluding carboxylic acids is 2. The number of halogens is 3. The number of imide groups is 1. The molecule has 29 heavy (non-hydrogen) atoms. The van der Waals surface area contributed by atoms with Gasteiger partial charge in [-0.05, 0) is 30.7 Å². The number of aromatic nitrogens is 2. The lowest BCUT2D eigenvalue weighted by Gasteiger charge is -2.13. The van der Waals surface area contributed by atoms with E-state index >= 15 is 0 Å². The van der Waals surface area contributed by atoms with Crippen LogP contribution < -0.4 is 11.1 Å². The molecule has 0 aliphatic rings. The number of amides is 3. The molecule has 0 radical (unpaired) electrons.